The van der Waals surface area contributed by atoms with Gasteiger partial charge in [0.05, 0.1) is 5.56 Å². The second kappa shape index (κ2) is 8.02. The summed E-state index contributed by atoms with van der Waals surface area (Å²) in [6.45, 7) is 5.70. The quantitative estimate of drug-likeness (QED) is 0.391. The third-order valence-corrected chi connectivity index (χ3v) is 5.19. The van der Waals surface area contributed by atoms with E-state index in [1.165, 1.54) is 6.07 Å². The average Bonchev–Trinajstić information content (AvgIpc) is 3.13. The topological polar surface area (TPSA) is 52.3 Å². The zero-order valence-electron chi connectivity index (χ0n) is 17.4. The molecular weight excluding hydrogens is 405 g/mol. The number of ether oxygens (including phenoxy) is 1. The zero-order valence-corrected chi connectivity index (χ0v) is 17.4. The summed E-state index contributed by atoms with van der Waals surface area (Å²) in [7, 11) is 0. The van der Waals surface area contributed by atoms with Crippen molar-refractivity contribution in [3.05, 3.63) is 71.0 Å². The van der Waals surface area contributed by atoms with Crippen LogP contribution in [0.5, 0.6) is 11.6 Å². The predicted octanol–water partition coefficient (Wildman–Crippen LogP) is 6.04. The van der Waals surface area contributed by atoms with Crippen molar-refractivity contribution in [3.63, 3.8) is 0 Å². The maximum Gasteiger partial charge on any atom is 0.416 e. The van der Waals surface area contributed by atoms with Crippen LogP contribution in [0.15, 0.2) is 48.5 Å². The Morgan fingerprint density at radius 1 is 0.935 bits per heavy atom. The molecule has 31 heavy (non-hydrogen) atoms. The summed E-state index contributed by atoms with van der Waals surface area (Å²) >= 11 is 0. The number of benzene rings is 2. The first-order chi connectivity index (χ1) is 14.8. The Morgan fingerprint density at radius 3 is 2.29 bits per heavy atom. The van der Waals surface area contributed by atoms with E-state index in [2.05, 4.69) is 15.3 Å². The summed E-state index contributed by atoms with van der Waals surface area (Å²) < 4.78 is 48.0. The molecule has 0 spiro atoms. The zero-order chi connectivity index (χ0) is 22.2. The average molecular weight is 426 g/mol. The van der Waals surface area contributed by atoms with Gasteiger partial charge >= 0.3 is 6.18 Å². The van der Waals surface area contributed by atoms with Crippen LogP contribution in [0.1, 0.15) is 36.4 Å². The minimum absolute atomic E-state index is 0.0929. The third kappa shape index (κ3) is 3.85. The molecule has 0 unspecified atom stereocenters. The van der Waals surface area contributed by atoms with Crippen LogP contribution in [0.25, 0.3) is 16.8 Å². The first kappa shape index (κ1) is 20.8. The monoisotopic (exact) mass is 426 g/mol. The Balaban J connectivity index is 1.92. The standard InChI is InChI=1S/C23H21F3N4O/c1-4-17-18(5-2)22(29-30-14(3)27-28-21(17)30)31-20-13-16(23(24,25)26)11-12-19(20)15-9-7-6-8-10-15/h6-13H,4-5H2,1-3H3. The van der Waals surface area contributed by atoms with Crippen LogP contribution in [-0.2, 0) is 19.0 Å². The molecule has 4 rings (SSSR count). The van der Waals surface area contributed by atoms with Crippen LogP contribution in [0.4, 0.5) is 13.2 Å². The minimum atomic E-state index is -4.49. The first-order valence-corrected chi connectivity index (χ1v) is 10.0. The number of aromatic nitrogens is 4. The molecule has 0 aliphatic heterocycles. The number of hydrogen-bond acceptors (Lipinski definition) is 4. The van der Waals surface area contributed by atoms with Gasteiger partial charge in [-0.3, -0.25) is 0 Å². The highest BCUT2D eigenvalue weighted by Gasteiger charge is 2.32. The largest absolute Gasteiger partial charge is 0.437 e. The fraction of sp³-hybridized carbons (Fsp3) is 0.261. The fourth-order valence-corrected chi connectivity index (χ4v) is 3.64. The van der Waals surface area contributed by atoms with Crippen LogP contribution < -0.4 is 4.74 Å². The summed E-state index contributed by atoms with van der Waals surface area (Å²) in [5.41, 5.74) is 2.88. The van der Waals surface area contributed by atoms with Crippen molar-refractivity contribution < 1.29 is 17.9 Å². The lowest BCUT2D eigenvalue weighted by Gasteiger charge is -2.17. The second-order valence-corrected chi connectivity index (χ2v) is 7.13. The van der Waals surface area contributed by atoms with Crippen molar-refractivity contribution in [3.8, 4) is 22.8 Å². The Kier molecular flexibility index (Phi) is 5.39. The highest BCUT2D eigenvalue weighted by atomic mass is 19.4. The number of halogens is 3. The van der Waals surface area contributed by atoms with Crippen molar-refractivity contribution in [1.29, 1.82) is 0 Å². The van der Waals surface area contributed by atoms with E-state index < -0.39 is 11.7 Å². The molecule has 0 aliphatic rings. The van der Waals surface area contributed by atoms with Crippen molar-refractivity contribution >= 4 is 5.65 Å². The molecule has 0 saturated heterocycles. The lowest BCUT2D eigenvalue weighted by atomic mass is 10.0. The maximum absolute atomic E-state index is 13.4. The van der Waals surface area contributed by atoms with Gasteiger partial charge in [-0.1, -0.05) is 50.2 Å². The van der Waals surface area contributed by atoms with Crippen molar-refractivity contribution in [2.75, 3.05) is 0 Å². The highest BCUT2D eigenvalue weighted by molar-refractivity contribution is 5.71. The lowest BCUT2D eigenvalue weighted by molar-refractivity contribution is -0.137. The normalized spacial score (nSPS) is 11.8. The van der Waals surface area contributed by atoms with E-state index >= 15 is 0 Å². The van der Waals surface area contributed by atoms with Gasteiger partial charge in [0.25, 0.3) is 0 Å². The van der Waals surface area contributed by atoms with Crippen molar-refractivity contribution in [2.45, 2.75) is 39.8 Å². The number of hydrogen-bond donors (Lipinski definition) is 0. The summed E-state index contributed by atoms with van der Waals surface area (Å²) in [5.74, 6) is 0.922. The number of nitrogens with zero attached hydrogens (tertiary/aromatic N) is 4. The van der Waals surface area contributed by atoms with Gasteiger partial charge < -0.3 is 4.74 Å². The predicted molar refractivity (Wildman–Crippen MR) is 111 cm³/mol. The summed E-state index contributed by atoms with van der Waals surface area (Å²) in [6, 6.07) is 12.7. The molecule has 0 fully saturated rings. The van der Waals surface area contributed by atoms with E-state index in [9.17, 15) is 13.2 Å². The molecule has 4 aromatic rings. The summed E-state index contributed by atoms with van der Waals surface area (Å²) in [4.78, 5) is 0. The van der Waals surface area contributed by atoms with Gasteiger partial charge in [0.1, 0.15) is 5.75 Å². The first-order valence-electron chi connectivity index (χ1n) is 10.0. The van der Waals surface area contributed by atoms with Crippen LogP contribution in [0.3, 0.4) is 0 Å². The molecule has 0 radical (unpaired) electrons. The number of fused-ring (bicyclic) bond motifs is 1. The van der Waals surface area contributed by atoms with Gasteiger partial charge in [0, 0.05) is 16.7 Å². The molecular formula is C23H21F3N4O. The summed E-state index contributed by atoms with van der Waals surface area (Å²) in [6.07, 6.45) is -3.23. The second-order valence-electron chi connectivity index (χ2n) is 7.13. The maximum atomic E-state index is 13.4. The van der Waals surface area contributed by atoms with Gasteiger partial charge in [-0.25, -0.2) is 0 Å². The molecule has 0 saturated carbocycles. The van der Waals surface area contributed by atoms with Crippen molar-refractivity contribution in [2.24, 2.45) is 0 Å². The molecule has 0 bridgehead atoms. The SMILES string of the molecule is CCc1c(Oc2cc(C(F)(F)F)ccc2-c2ccccc2)nn2c(C)nnc2c1CC. The van der Waals surface area contributed by atoms with Crippen molar-refractivity contribution in [1.82, 2.24) is 19.8 Å². The van der Waals surface area contributed by atoms with Gasteiger partial charge in [-0.05, 0) is 37.5 Å². The number of alkyl halides is 3. The van der Waals surface area contributed by atoms with E-state index in [1.807, 2.05) is 44.2 Å². The highest BCUT2D eigenvalue weighted by Crippen LogP contribution is 2.40. The lowest BCUT2D eigenvalue weighted by Crippen LogP contribution is -2.08. The molecule has 0 aliphatic carbocycles. The van der Waals surface area contributed by atoms with Crippen LogP contribution in [-0.4, -0.2) is 19.8 Å². The van der Waals surface area contributed by atoms with Gasteiger partial charge in [-0.15, -0.1) is 15.3 Å². The van der Waals surface area contributed by atoms with E-state index in [0.717, 1.165) is 28.8 Å². The fourth-order valence-electron chi connectivity index (χ4n) is 3.64. The van der Waals surface area contributed by atoms with E-state index in [4.69, 9.17) is 4.74 Å². The van der Waals surface area contributed by atoms with Crippen LogP contribution in [0, 0.1) is 6.92 Å². The molecule has 160 valence electrons. The molecule has 8 heteroatoms. The Morgan fingerprint density at radius 2 is 1.65 bits per heavy atom. The van der Waals surface area contributed by atoms with E-state index in [0.29, 0.717) is 29.9 Å². The summed E-state index contributed by atoms with van der Waals surface area (Å²) in [5, 5.41) is 12.8. The molecule has 2 heterocycles. The van der Waals surface area contributed by atoms with Gasteiger partial charge in [0.2, 0.25) is 5.88 Å². The Labute approximate surface area is 177 Å². The van der Waals surface area contributed by atoms with Gasteiger partial charge in [0.15, 0.2) is 11.5 Å². The minimum Gasteiger partial charge on any atom is -0.437 e. The third-order valence-electron chi connectivity index (χ3n) is 5.19. The molecule has 0 atom stereocenters. The molecule has 5 nitrogen and oxygen atoms in total. The number of rotatable bonds is 5. The Bertz CT molecular complexity index is 1230. The van der Waals surface area contributed by atoms with Crippen LogP contribution in [0.2, 0.25) is 0 Å². The number of aryl methyl sites for hydroxylation is 2. The molecule has 2 aromatic heterocycles. The Hall–Kier alpha value is -3.42. The van der Waals surface area contributed by atoms with Gasteiger partial charge in [-0.2, -0.15) is 17.7 Å². The van der Waals surface area contributed by atoms with E-state index in [-0.39, 0.29) is 11.6 Å². The smallest absolute Gasteiger partial charge is 0.416 e. The molecule has 0 N–H and O–H groups in total. The molecule has 0 amide bonds. The molecule has 2 aromatic carbocycles. The van der Waals surface area contributed by atoms with E-state index in [1.54, 1.807) is 11.4 Å². The van der Waals surface area contributed by atoms with Crippen LogP contribution >= 0.6 is 0 Å².